The average molecular weight is 375 g/mol. The standard InChI is InChI=1S/C15H10ClF3N2O4/c16-10-3-1-2-4-11(10)20-14(22)8-25-13-6-5-9(15(17,18)19)7-12(13)21(23)24/h1-7H,8H2,(H,20,22). The molecule has 0 fully saturated rings. The molecule has 132 valence electrons. The summed E-state index contributed by atoms with van der Waals surface area (Å²) < 4.78 is 42.8. The van der Waals surface area contributed by atoms with Crippen molar-refractivity contribution in [2.75, 3.05) is 11.9 Å². The van der Waals surface area contributed by atoms with Crippen molar-refractivity contribution in [1.29, 1.82) is 0 Å². The van der Waals surface area contributed by atoms with Crippen molar-refractivity contribution in [3.05, 3.63) is 63.2 Å². The van der Waals surface area contributed by atoms with Crippen LogP contribution in [0.25, 0.3) is 0 Å². The van der Waals surface area contributed by atoms with Crippen molar-refractivity contribution in [2.24, 2.45) is 0 Å². The first-order chi connectivity index (χ1) is 11.7. The molecule has 6 nitrogen and oxygen atoms in total. The maximum Gasteiger partial charge on any atom is 0.416 e. The summed E-state index contributed by atoms with van der Waals surface area (Å²) >= 11 is 5.86. The monoisotopic (exact) mass is 374 g/mol. The number of nitrogens with one attached hydrogen (secondary N) is 1. The fourth-order valence-corrected chi connectivity index (χ4v) is 2.03. The topological polar surface area (TPSA) is 81.5 Å². The molecule has 1 N–H and O–H groups in total. The highest BCUT2D eigenvalue weighted by atomic mass is 35.5. The van der Waals surface area contributed by atoms with Crippen molar-refractivity contribution >= 4 is 28.9 Å². The van der Waals surface area contributed by atoms with Gasteiger partial charge in [0, 0.05) is 6.07 Å². The van der Waals surface area contributed by atoms with E-state index in [2.05, 4.69) is 5.32 Å². The Balaban J connectivity index is 2.11. The van der Waals surface area contributed by atoms with Crippen LogP contribution in [-0.4, -0.2) is 17.4 Å². The van der Waals surface area contributed by atoms with Crippen molar-refractivity contribution in [2.45, 2.75) is 6.18 Å². The summed E-state index contributed by atoms with van der Waals surface area (Å²) in [4.78, 5) is 21.7. The van der Waals surface area contributed by atoms with Crippen LogP contribution >= 0.6 is 11.6 Å². The second kappa shape index (κ2) is 7.39. The van der Waals surface area contributed by atoms with Crippen LogP contribution in [0.4, 0.5) is 24.5 Å². The van der Waals surface area contributed by atoms with Gasteiger partial charge in [-0.05, 0) is 24.3 Å². The van der Waals surface area contributed by atoms with Gasteiger partial charge in [-0.2, -0.15) is 13.2 Å². The molecule has 0 saturated heterocycles. The highest BCUT2D eigenvalue weighted by molar-refractivity contribution is 6.33. The van der Waals surface area contributed by atoms with Gasteiger partial charge in [-0.3, -0.25) is 14.9 Å². The summed E-state index contributed by atoms with van der Waals surface area (Å²) in [6, 6.07) is 8.13. The van der Waals surface area contributed by atoms with Crippen LogP contribution in [0.15, 0.2) is 42.5 Å². The molecule has 10 heteroatoms. The lowest BCUT2D eigenvalue weighted by Crippen LogP contribution is -2.20. The molecule has 0 spiro atoms. The number of nitrogens with zero attached hydrogens (tertiary/aromatic N) is 1. The van der Waals surface area contributed by atoms with Crippen molar-refractivity contribution in [3.63, 3.8) is 0 Å². The van der Waals surface area contributed by atoms with E-state index in [1.807, 2.05) is 0 Å². The Morgan fingerprint density at radius 2 is 1.92 bits per heavy atom. The first-order valence-corrected chi connectivity index (χ1v) is 7.09. The number of amides is 1. The Hall–Kier alpha value is -2.81. The Bertz CT molecular complexity index is 812. The number of rotatable bonds is 5. The molecule has 0 unspecified atom stereocenters. The van der Waals surface area contributed by atoms with Gasteiger partial charge in [0.1, 0.15) is 0 Å². The van der Waals surface area contributed by atoms with Gasteiger partial charge in [-0.15, -0.1) is 0 Å². The maximum atomic E-state index is 12.6. The van der Waals surface area contributed by atoms with Crippen LogP contribution in [0, 0.1) is 10.1 Å². The third kappa shape index (κ3) is 4.83. The third-order valence-electron chi connectivity index (χ3n) is 2.99. The van der Waals surface area contributed by atoms with Crippen LogP contribution < -0.4 is 10.1 Å². The van der Waals surface area contributed by atoms with Gasteiger partial charge in [0.05, 0.1) is 21.2 Å². The highest BCUT2D eigenvalue weighted by Gasteiger charge is 2.33. The first-order valence-electron chi connectivity index (χ1n) is 6.71. The number of carbonyl (C=O) groups is 1. The minimum Gasteiger partial charge on any atom is -0.477 e. The number of anilines is 1. The number of nitro groups is 1. The number of hydrogen-bond acceptors (Lipinski definition) is 4. The zero-order valence-corrected chi connectivity index (χ0v) is 13.1. The van der Waals surface area contributed by atoms with Gasteiger partial charge in [0.15, 0.2) is 12.4 Å². The SMILES string of the molecule is O=C(COc1ccc(C(F)(F)F)cc1[N+](=O)[O-])Nc1ccccc1Cl. The number of hydrogen-bond donors (Lipinski definition) is 1. The molecular weight excluding hydrogens is 365 g/mol. The number of para-hydroxylation sites is 1. The molecule has 25 heavy (non-hydrogen) atoms. The van der Waals surface area contributed by atoms with Gasteiger partial charge in [-0.1, -0.05) is 23.7 Å². The summed E-state index contributed by atoms with van der Waals surface area (Å²) in [5.74, 6) is -1.13. The largest absolute Gasteiger partial charge is 0.477 e. The second-order valence-electron chi connectivity index (χ2n) is 4.75. The van der Waals surface area contributed by atoms with Crippen LogP contribution in [0.5, 0.6) is 5.75 Å². The lowest BCUT2D eigenvalue weighted by Gasteiger charge is -2.11. The van der Waals surface area contributed by atoms with Gasteiger partial charge < -0.3 is 10.1 Å². The maximum absolute atomic E-state index is 12.6. The van der Waals surface area contributed by atoms with E-state index < -0.39 is 40.6 Å². The number of alkyl halides is 3. The van der Waals surface area contributed by atoms with E-state index in [-0.39, 0.29) is 5.02 Å². The summed E-state index contributed by atoms with van der Waals surface area (Å²) in [5.41, 5.74) is -1.77. The average Bonchev–Trinajstić information content (AvgIpc) is 2.54. The smallest absolute Gasteiger partial charge is 0.416 e. The van der Waals surface area contributed by atoms with E-state index in [1.165, 1.54) is 6.07 Å². The number of nitro benzene ring substituents is 1. The summed E-state index contributed by atoms with van der Waals surface area (Å²) in [5, 5.41) is 13.6. The molecule has 1 amide bonds. The number of ether oxygens (including phenoxy) is 1. The Morgan fingerprint density at radius 3 is 2.52 bits per heavy atom. The summed E-state index contributed by atoms with van der Waals surface area (Å²) in [7, 11) is 0. The van der Waals surface area contributed by atoms with E-state index in [0.717, 1.165) is 6.07 Å². The predicted octanol–water partition coefficient (Wildman–Crippen LogP) is 4.28. The number of benzene rings is 2. The highest BCUT2D eigenvalue weighted by Crippen LogP contribution is 2.36. The molecule has 2 aromatic rings. The van der Waals surface area contributed by atoms with E-state index in [9.17, 15) is 28.1 Å². The predicted molar refractivity (Wildman–Crippen MR) is 83.7 cm³/mol. The minimum atomic E-state index is -4.73. The van der Waals surface area contributed by atoms with Crippen LogP contribution in [0.2, 0.25) is 5.02 Å². The Kier molecular flexibility index (Phi) is 5.48. The van der Waals surface area contributed by atoms with Crippen molar-refractivity contribution in [1.82, 2.24) is 0 Å². The molecular formula is C15H10ClF3N2O4. The molecule has 0 atom stereocenters. The fourth-order valence-electron chi connectivity index (χ4n) is 1.85. The van der Waals surface area contributed by atoms with Crippen LogP contribution in [0.3, 0.4) is 0 Å². The normalized spacial score (nSPS) is 11.0. The lowest BCUT2D eigenvalue weighted by atomic mass is 10.2. The number of carbonyl (C=O) groups excluding carboxylic acids is 1. The fraction of sp³-hybridized carbons (Fsp3) is 0.133. The van der Waals surface area contributed by atoms with Crippen molar-refractivity contribution in [3.8, 4) is 5.75 Å². The summed E-state index contributed by atoms with van der Waals surface area (Å²) in [6.07, 6.45) is -4.73. The van der Waals surface area contributed by atoms with E-state index in [4.69, 9.17) is 16.3 Å². The van der Waals surface area contributed by atoms with E-state index in [0.29, 0.717) is 17.8 Å². The molecule has 0 radical (unpaired) electrons. The Labute approximate surface area is 144 Å². The van der Waals surface area contributed by atoms with Crippen LogP contribution in [0.1, 0.15) is 5.56 Å². The molecule has 0 aliphatic carbocycles. The quantitative estimate of drug-likeness (QED) is 0.625. The van der Waals surface area contributed by atoms with Crippen molar-refractivity contribution < 1.29 is 27.6 Å². The molecule has 0 aliphatic heterocycles. The van der Waals surface area contributed by atoms with E-state index in [1.54, 1.807) is 18.2 Å². The minimum absolute atomic E-state index is 0.274. The Morgan fingerprint density at radius 1 is 1.24 bits per heavy atom. The van der Waals surface area contributed by atoms with Crippen LogP contribution in [-0.2, 0) is 11.0 Å². The lowest BCUT2D eigenvalue weighted by molar-refractivity contribution is -0.386. The van der Waals surface area contributed by atoms with Gasteiger partial charge >= 0.3 is 11.9 Å². The third-order valence-corrected chi connectivity index (χ3v) is 3.32. The molecule has 0 saturated carbocycles. The zero-order chi connectivity index (χ0) is 18.6. The summed E-state index contributed by atoms with van der Waals surface area (Å²) in [6.45, 7) is -0.641. The first kappa shape index (κ1) is 18.5. The molecule has 0 heterocycles. The molecule has 2 aromatic carbocycles. The van der Waals surface area contributed by atoms with E-state index >= 15 is 0 Å². The molecule has 0 aliphatic rings. The molecule has 2 rings (SSSR count). The second-order valence-corrected chi connectivity index (χ2v) is 5.16. The van der Waals surface area contributed by atoms with Gasteiger partial charge in [0.2, 0.25) is 0 Å². The van der Waals surface area contributed by atoms with Gasteiger partial charge in [-0.25, -0.2) is 0 Å². The molecule has 0 bridgehead atoms. The number of halogens is 4. The molecule has 0 aromatic heterocycles. The van der Waals surface area contributed by atoms with Gasteiger partial charge in [0.25, 0.3) is 5.91 Å². The zero-order valence-electron chi connectivity index (χ0n) is 12.3.